The van der Waals surface area contributed by atoms with Crippen molar-refractivity contribution in [2.45, 2.75) is 31.9 Å². The lowest BCUT2D eigenvalue weighted by Crippen LogP contribution is -2.34. The summed E-state index contributed by atoms with van der Waals surface area (Å²) in [7, 11) is 0. The Kier molecular flexibility index (Phi) is 6.90. The molecule has 10 nitrogen and oxygen atoms in total. The first kappa shape index (κ1) is 25.1. The van der Waals surface area contributed by atoms with Crippen molar-refractivity contribution in [2.24, 2.45) is 0 Å². The van der Waals surface area contributed by atoms with Crippen LogP contribution in [0.2, 0.25) is 0 Å². The van der Waals surface area contributed by atoms with Crippen LogP contribution >= 0.6 is 0 Å². The summed E-state index contributed by atoms with van der Waals surface area (Å²) in [4.78, 5) is 30.8. The second kappa shape index (κ2) is 10.4. The summed E-state index contributed by atoms with van der Waals surface area (Å²) in [5.74, 6) is 1.45. The molecule has 0 saturated carbocycles. The van der Waals surface area contributed by atoms with Crippen LogP contribution in [0.1, 0.15) is 37.1 Å². The Morgan fingerprint density at radius 2 is 1.76 bits per heavy atom. The van der Waals surface area contributed by atoms with Crippen molar-refractivity contribution >= 4 is 29.2 Å². The number of nitrogens with one attached hydrogen (secondary N) is 2. The predicted octanol–water partition coefficient (Wildman–Crippen LogP) is 5.03. The van der Waals surface area contributed by atoms with Crippen LogP contribution in [0.5, 0.6) is 0 Å². The van der Waals surface area contributed by atoms with Crippen molar-refractivity contribution in [3.05, 3.63) is 66.3 Å². The number of halogens is 3. The van der Waals surface area contributed by atoms with Gasteiger partial charge in [0, 0.05) is 42.9 Å². The molecule has 196 valence electrons. The number of aromatic nitrogens is 5. The lowest BCUT2D eigenvalue weighted by atomic mass is 9.97. The fourth-order valence-electron chi connectivity index (χ4n) is 4.16. The van der Waals surface area contributed by atoms with Crippen LogP contribution in [0.3, 0.4) is 0 Å². The maximum atomic E-state index is 12.8. The van der Waals surface area contributed by atoms with E-state index in [2.05, 4.69) is 35.7 Å². The molecule has 2 aromatic carbocycles. The fourth-order valence-corrected chi connectivity index (χ4v) is 4.16. The summed E-state index contributed by atoms with van der Waals surface area (Å²) in [6, 6.07) is 11.9. The van der Waals surface area contributed by atoms with Crippen molar-refractivity contribution in [3.63, 3.8) is 0 Å². The molecule has 0 aliphatic carbocycles. The molecule has 0 spiro atoms. The van der Waals surface area contributed by atoms with Crippen molar-refractivity contribution in [1.29, 1.82) is 0 Å². The van der Waals surface area contributed by atoms with Gasteiger partial charge in [-0.15, -0.1) is 0 Å². The van der Waals surface area contributed by atoms with E-state index in [-0.39, 0.29) is 17.6 Å². The van der Waals surface area contributed by atoms with Crippen molar-refractivity contribution in [2.75, 3.05) is 28.6 Å². The summed E-state index contributed by atoms with van der Waals surface area (Å²) in [6.45, 7) is 2.73. The highest BCUT2D eigenvalue weighted by atomic mass is 19.4. The minimum absolute atomic E-state index is 0.0119. The number of nitrogens with zero attached hydrogens (tertiary/aromatic N) is 6. The minimum atomic E-state index is -4.40. The van der Waals surface area contributed by atoms with Gasteiger partial charge >= 0.3 is 6.18 Å². The average Bonchev–Trinajstić information content (AvgIpc) is 3.39. The molecule has 5 rings (SSSR count). The van der Waals surface area contributed by atoms with E-state index in [0.717, 1.165) is 12.1 Å². The average molecular weight is 525 g/mol. The van der Waals surface area contributed by atoms with Crippen LogP contribution < -0.4 is 15.5 Å². The third-order valence-corrected chi connectivity index (χ3v) is 6.04. The SMILES string of the molecule is CC(=O)Nc1cccc(Nc2ncnc(N3CCC(c4nc(-c5ccc(C(F)(F)F)cc5)no4)CC3)n2)c1. The second-order valence-electron chi connectivity index (χ2n) is 8.79. The number of piperidine rings is 1. The standard InChI is InChI=1S/C25H23F3N8O2/c1-15(37)31-19-3-2-4-20(13-19)32-23-29-14-30-24(34-23)36-11-9-17(10-12-36)22-33-21(35-38-22)16-5-7-18(8-6-16)25(26,27)28/h2-8,13-14,17H,9-12H2,1H3,(H,31,37)(H,29,30,32,34). The van der Waals surface area contributed by atoms with Gasteiger partial charge in [-0.1, -0.05) is 23.4 Å². The zero-order chi connectivity index (χ0) is 26.7. The van der Waals surface area contributed by atoms with E-state index in [9.17, 15) is 18.0 Å². The molecule has 1 fully saturated rings. The Morgan fingerprint density at radius 1 is 1.03 bits per heavy atom. The number of amides is 1. The Morgan fingerprint density at radius 3 is 2.47 bits per heavy atom. The number of alkyl halides is 3. The van der Waals surface area contributed by atoms with E-state index in [4.69, 9.17) is 4.52 Å². The minimum Gasteiger partial charge on any atom is -0.341 e. The van der Waals surface area contributed by atoms with Gasteiger partial charge in [-0.2, -0.15) is 23.1 Å². The molecule has 0 bridgehead atoms. The zero-order valence-electron chi connectivity index (χ0n) is 20.2. The molecule has 0 atom stereocenters. The molecular weight excluding hydrogens is 501 g/mol. The smallest absolute Gasteiger partial charge is 0.341 e. The number of hydrogen-bond donors (Lipinski definition) is 2. The highest BCUT2D eigenvalue weighted by Gasteiger charge is 2.30. The predicted molar refractivity (Wildman–Crippen MR) is 133 cm³/mol. The van der Waals surface area contributed by atoms with Gasteiger partial charge in [-0.05, 0) is 43.2 Å². The molecule has 1 aliphatic heterocycles. The number of benzene rings is 2. The van der Waals surface area contributed by atoms with Crippen LogP contribution in [-0.2, 0) is 11.0 Å². The number of hydrogen-bond acceptors (Lipinski definition) is 9. The number of rotatable bonds is 6. The van der Waals surface area contributed by atoms with Gasteiger partial charge in [-0.25, -0.2) is 9.97 Å². The summed E-state index contributed by atoms with van der Waals surface area (Å²) in [5.41, 5.74) is 1.10. The molecule has 1 amide bonds. The van der Waals surface area contributed by atoms with E-state index in [1.54, 1.807) is 18.2 Å². The van der Waals surface area contributed by atoms with E-state index in [1.165, 1.54) is 25.4 Å². The van der Waals surface area contributed by atoms with E-state index < -0.39 is 11.7 Å². The number of anilines is 4. The monoisotopic (exact) mass is 524 g/mol. The molecule has 1 aliphatic rings. The zero-order valence-corrected chi connectivity index (χ0v) is 20.2. The Balaban J connectivity index is 1.20. The molecular formula is C25H23F3N8O2. The van der Waals surface area contributed by atoms with Gasteiger partial charge in [0.1, 0.15) is 6.33 Å². The van der Waals surface area contributed by atoms with Crippen LogP contribution in [0.25, 0.3) is 11.4 Å². The van der Waals surface area contributed by atoms with Gasteiger partial charge in [0.2, 0.25) is 29.5 Å². The van der Waals surface area contributed by atoms with E-state index in [0.29, 0.717) is 60.7 Å². The maximum Gasteiger partial charge on any atom is 0.416 e. The van der Waals surface area contributed by atoms with E-state index >= 15 is 0 Å². The van der Waals surface area contributed by atoms with Crippen molar-refractivity contribution < 1.29 is 22.5 Å². The normalized spacial score (nSPS) is 14.4. The fraction of sp³-hybridized carbons (Fsp3) is 0.280. The highest BCUT2D eigenvalue weighted by Crippen LogP contribution is 2.32. The first-order valence-corrected chi connectivity index (χ1v) is 11.8. The van der Waals surface area contributed by atoms with Crippen LogP contribution in [0, 0.1) is 0 Å². The Hall–Kier alpha value is -4.55. The van der Waals surface area contributed by atoms with E-state index in [1.807, 2.05) is 11.0 Å². The lowest BCUT2D eigenvalue weighted by molar-refractivity contribution is -0.137. The summed E-state index contributed by atoms with van der Waals surface area (Å²) in [5, 5.41) is 9.82. The molecule has 0 unspecified atom stereocenters. The van der Waals surface area contributed by atoms with Gasteiger partial charge in [0.15, 0.2) is 0 Å². The van der Waals surface area contributed by atoms with Crippen molar-refractivity contribution in [1.82, 2.24) is 25.1 Å². The second-order valence-corrected chi connectivity index (χ2v) is 8.79. The molecule has 3 heterocycles. The molecule has 2 aromatic heterocycles. The number of carbonyl (C=O) groups is 1. The highest BCUT2D eigenvalue weighted by molar-refractivity contribution is 5.89. The van der Waals surface area contributed by atoms with Gasteiger partial charge in [-0.3, -0.25) is 4.79 Å². The summed E-state index contributed by atoms with van der Waals surface area (Å²) >= 11 is 0. The molecule has 4 aromatic rings. The third kappa shape index (κ3) is 5.88. The number of carbonyl (C=O) groups excluding carboxylic acids is 1. The molecule has 13 heteroatoms. The van der Waals surface area contributed by atoms with Crippen molar-refractivity contribution in [3.8, 4) is 11.4 Å². The third-order valence-electron chi connectivity index (χ3n) is 6.04. The van der Waals surface area contributed by atoms with Crippen LogP contribution in [0.15, 0.2) is 59.4 Å². The van der Waals surface area contributed by atoms with Crippen LogP contribution in [0.4, 0.5) is 36.4 Å². The topological polar surface area (TPSA) is 122 Å². The molecule has 0 radical (unpaired) electrons. The quantitative estimate of drug-likeness (QED) is 0.358. The Bertz CT molecular complexity index is 1420. The van der Waals surface area contributed by atoms with Gasteiger partial charge in [0.05, 0.1) is 5.56 Å². The van der Waals surface area contributed by atoms with Crippen LogP contribution in [-0.4, -0.2) is 44.1 Å². The molecule has 38 heavy (non-hydrogen) atoms. The lowest BCUT2D eigenvalue weighted by Gasteiger charge is -2.30. The largest absolute Gasteiger partial charge is 0.416 e. The van der Waals surface area contributed by atoms with Gasteiger partial charge < -0.3 is 20.1 Å². The summed E-state index contributed by atoms with van der Waals surface area (Å²) in [6.07, 6.45) is -1.55. The maximum absolute atomic E-state index is 12.8. The molecule has 2 N–H and O–H groups in total. The van der Waals surface area contributed by atoms with Gasteiger partial charge in [0.25, 0.3) is 0 Å². The first-order chi connectivity index (χ1) is 18.2. The summed E-state index contributed by atoms with van der Waals surface area (Å²) < 4.78 is 43.9. The first-order valence-electron chi connectivity index (χ1n) is 11.8. The Labute approximate surface area is 215 Å². The molecule has 1 saturated heterocycles.